The number of hydrogen-bond donors (Lipinski definition) is 1. The Morgan fingerprint density at radius 2 is 1.92 bits per heavy atom. The summed E-state index contributed by atoms with van der Waals surface area (Å²) in [4.78, 5) is 26.3. The van der Waals surface area contributed by atoms with Gasteiger partial charge in [-0.05, 0) is 36.4 Å². The number of methoxy groups -OCH3 is 1. The van der Waals surface area contributed by atoms with Gasteiger partial charge in [0.05, 0.1) is 18.7 Å². The Balaban J connectivity index is 1.71. The molecule has 1 aliphatic rings. The fraction of sp³-hybridized carbons (Fsp3) is 0.222. The summed E-state index contributed by atoms with van der Waals surface area (Å²) in [6.45, 7) is 0.349. The second kappa shape index (κ2) is 6.93. The van der Waals surface area contributed by atoms with E-state index in [1.165, 1.54) is 0 Å². The minimum atomic E-state index is -0.405. The van der Waals surface area contributed by atoms with Crippen LogP contribution in [0.4, 0.5) is 11.4 Å². The average Bonchev–Trinajstić information content (AvgIpc) is 2.98. The number of carbonyl (C=O) groups is 2. The van der Waals surface area contributed by atoms with Crippen molar-refractivity contribution in [2.45, 2.75) is 6.42 Å². The number of rotatable bonds is 4. The van der Waals surface area contributed by atoms with Crippen LogP contribution in [0.3, 0.4) is 0 Å². The number of anilines is 2. The van der Waals surface area contributed by atoms with Crippen molar-refractivity contribution in [3.8, 4) is 5.75 Å². The highest BCUT2D eigenvalue weighted by molar-refractivity contribution is 6.30. The number of amides is 2. The quantitative estimate of drug-likeness (QED) is 0.925. The van der Waals surface area contributed by atoms with E-state index in [1.54, 1.807) is 48.4 Å². The summed E-state index contributed by atoms with van der Waals surface area (Å²) < 4.78 is 5.23. The molecule has 1 atom stereocenters. The molecule has 1 saturated heterocycles. The Morgan fingerprint density at radius 1 is 1.21 bits per heavy atom. The second-order valence-corrected chi connectivity index (χ2v) is 6.01. The molecule has 5 nitrogen and oxygen atoms in total. The summed E-state index contributed by atoms with van der Waals surface area (Å²) in [7, 11) is 1.55. The zero-order valence-electron chi connectivity index (χ0n) is 13.2. The summed E-state index contributed by atoms with van der Waals surface area (Å²) in [5.74, 6) is -0.0790. The predicted octanol–water partition coefficient (Wildman–Crippen LogP) is 3.34. The van der Waals surface area contributed by atoms with Gasteiger partial charge in [0.2, 0.25) is 11.8 Å². The molecule has 2 aromatic rings. The summed E-state index contributed by atoms with van der Waals surface area (Å²) in [5, 5.41) is 3.45. The molecule has 3 rings (SSSR count). The van der Waals surface area contributed by atoms with Gasteiger partial charge in [0, 0.05) is 23.7 Å². The van der Waals surface area contributed by atoms with Crippen molar-refractivity contribution in [2.75, 3.05) is 23.9 Å². The lowest BCUT2D eigenvalue weighted by Crippen LogP contribution is -2.28. The maximum atomic E-state index is 12.5. The molecule has 0 aliphatic carbocycles. The lowest BCUT2D eigenvalue weighted by Gasteiger charge is -2.17. The molecule has 0 radical (unpaired) electrons. The van der Waals surface area contributed by atoms with Crippen molar-refractivity contribution in [3.63, 3.8) is 0 Å². The molecule has 0 spiro atoms. The van der Waals surface area contributed by atoms with E-state index in [-0.39, 0.29) is 18.2 Å². The third-order valence-electron chi connectivity index (χ3n) is 4.00. The molecule has 1 aliphatic heterocycles. The molecular formula is C18H17ClN2O3. The first-order chi connectivity index (χ1) is 11.6. The molecule has 124 valence electrons. The SMILES string of the molecule is COc1ccccc1NC(=O)C1CC(=O)N(c2ccc(Cl)cc2)C1. The van der Waals surface area contributed by atoms with Crippen LogP contribution in [0.2, 0.25) is 5.02 Å². The summed E-state index contributed by atoms with van der Waals surface area (Å²) >= 11 is 5.87. The van der Waals surface area contributed by atoms with Crippen molar-refractivity contribution in [3.05, 3.63) is 53.6 Å². The Labute approximate surface area is 145 Å². The van der Waals surface area contributed by atoms with Gasteiger partial charge >= 0.3 is 0 Å². The van der Waals surface area contributed by atoms with Crippen LogP contribution in [0.25, 0.3) is 0 Å². The maximum absolute atomic E-state index is 12.5. The van der Waals surface area contributed by atoms with Gasteiger partial charge in [-0.3, -0.25) is 9.59 Å². The van der Waals surface area contributed by atoms with Gasteiger partial charge in [-0.15, -0.1) is 0 Å². The van der Waals surface area contributed by atoms with Crippen molar-refractivity contribution in [1.82, 2.24) is 0 Å². The highest BCUT2D eigenvalue weighted by atomic mass is 35.5. The molecule has 1 fully saturated rings. The molecule has 2 amide bonds. The molecule has 0 bridgehead atoms. The van der Waals surface area contributed by atoms with Crippen LogP contribution in [0, 0.1) is 5.92 Å². The first-order valence-corrected chi connectivity index (χ1v) is 7.96. The van der Waals surface area contributed by atoms with Gasteiger partial charge in [0.1, 0.15) is 5.75 Å². The molecule has 6 heteroatoms. The Kier molecular flexibility index (Phi) is 4.71. The van der Waals surface area contributed by atoms with Crippen LogP contribution >= 0.6 is 11.6 Å². The number of carbonyl (C=O) groups excluding carboxylic acids is 2. The minimum absolute atomic E-state index is 0.0718. The average molecular weight is 345 g/mol. The largest absolute Gasteiger partial charge is 0.495 e. The highest BCUT2D eigenvalue weighted by Gasteiger charge is 2.35. The third-order valence-corrected chi connectivity index (χ3v) is 4.25. The van der Waals surface area contributed by atoms with E-state index in [1.807, 2.05) is 12.1 Å². The van der Waals surface area contributed by atoms with Gasteiger partial charge in [0.25, 0.3) is 0 Å². The number of benzene rings is 2. The number of halogens is 1. The second-order valence-electron chi connectivity index (χ2n) is 5.57. The first-order valence-electron chi connectivity index (χ1n) is 7.58. The van der Waals surface area contributed by atoms with Gasteiger partial charge in [0.15, 0.2) is 0 Å². The normalized spacial score (nSPS) is 17.0. The van der Waals surface area contributed by atoms with E-state index in [9.17, 15) is 9.59 Å². The van der Waals surface area contributed by atoms with Gasteiger partial charge < -0.3 is 15.0 Å². The van der Waals surface area contributed by atoms with Crippen molar-refractivity contribution in [2.24, 2.45) is 5.92 Å². The Bertz CT molecular complexity index is 761. The van der Waals surface area contributed by atoms with Crippen LogP contribution < -0.4 is 15.0 Å². The van der Waals surface area contributed by atoms with E-state index in [4.69, 9.17) is 16.3 Å². The molecule has 24 heavy (non-hydrogen) atoms. The van der Waals surface area contributed by atoms with E-state index in [2.05, 4.69) is 5.32 Å². The molecular weight excluding hydrogens is 328 g/mol. The van der Waals surface area contributed by atoms with Crippen LogP contribution in [0.1, 0.15) is 6.42 Å². The van der Waals surface area contributed by atoms with Crippen molar-refractivity contribution >= 4 is 34.8 Å². The summed E-state index contributed by atoms with van der Waals surface area (Å²) in [5.41, 5.74) is 1.35. The number of ether oxygens (including phenoxy) is 1. The molecule has 0 saturated carbocycles. The van der Waals surface area contributed by atoms with Gasteiger partial charge in [-0.25, -0.2) is 0 Å². The maximum Gasteiger partial charge on any atom is 0.229 e. The monoisotopic (exact) mass is 344 g/mol. The fourth-order valence-corrected chi connectivity index (χ4v) is 2.86. The lowest BCUT2D eigenvalue weighted by molar-refractivity contribution is -0.122. The summed E-state index contributed by atoms with van der Waals surface area (Å²) in [6.07, 6.45) is 0.184. The van der Waals surface area contributed by atoms with Gasteiger partial charge in [-0.1, -0.05) is 23.7 Å². The van der Waals surface area contributed by atoms with Crippen LogP contribution in [0.15, 0.2) is 48.5 Å². The van der Waals surface area contributed by atoms with E-state index >= 15 is 0 Å². The fourth-order valence-electron chi connectivity index (χ4n) is 2.74. The Morgan fingerprint density at radius 3 is 2.62 bits per heavy atom. The Hall–Kier alpha value is -2.53. The number of nitrogens with one attached hydrogen (secondary N) is 1. The molecule has 1 heterocycles. The third kappa shape index (κ3) is 3.36. The molecule has 0 aromatic heterocycles. The topological polar surface area (TPSA) is 58.6 Å². The van der Waals surface area contributed by atoms with Crippen LogP contribution in [0.5, 0.6) is 5.75 Å². The standard InChI is InChI=1S/C18H17ClN2O3/c1-24-16-5-3-2-4-15(16)20-18(23)12-10-17(22)21(11-12)14-8-6-13(19)7-9-14/h2-9,12H,10-11H2,1H3,(H,20,23). The molecule has 2 aromatic carbocycles. The minimum Gasteiger partial charge on any atom is -0.495 e. The number of hydrogen-bond acceptors (Lipinski definition) is 3. The zero-order valence-corrected chi connectivity index (χ0v) is 13.9. The highest BCUT2D eigenvalue weighted by Crippen LogP contribution is 2.29. The van der Waals surface area contributed by atoms with E-state index in [0.717, 1.165) is 5.69 Å². The van der Waals surface area contributed by atoms with E-state index < -0.39 is 5.92 Å². The molecule has 1 N–H and O–H groups in total. The first kappa shape index (κ1) is 16.3. The van der Waals surface area contributed by atoms with E-state index in [0.29, 0.717) is 23.0 Å². The predicted molar refractivity (Wildman–Crippen MR) is 93.5 cm³/mol. The van der Waals surface area contributed by atoms with Crippen LogP contribution in [-0.2, 0) is 9.59 Å². The number of para-hydroxylation sites is 2. The smallest absolute Gasteiger partial charge is 0.229 e. The zero-order chi connectivity index (χ0) is 17.1. The van der Waals surface area contributed by atoms with Crippen LogP contribution in [-0.4, -0.2) is 25.5 Å². The molecule has 1 unspecified atom stereocenters. The van der Waals surface area contributed by atoms with Crippen molar-refractivity contribution in [1.29, 1.82) is 0 Å². The summed E-state index contributed by atoms with van der Waals surface area (Å²) in [6, 6.07) is 14.2. The lowest BCUT2D eigenvalue weighted by atomic mass is 10.1. The van der Waals surface area contributed by atoms with Gasteiger partial charge in [-0.2, -0.15) is 0 Å². The number of nitrogens with zero attached hydrogens (tertiary/aromatic N) is 1. The van der Waals surface area contributed by atoms with Crippen molar-refractivity contribution < 1.29 is 14.3 Å².